The summed E-state index contributed by atoms with van der Waals surface area (Å²) in [6.07, 6.45) is -3.10. The molecule has 0 saturated heterocycles. The number of anilines is 1. The van der Waals surface area contributed by atoms with Crippen molar-refractivity contribution in [2.75, 3.05) is 11.9 Å². The van der Waals surface area contributed by atoms with Crippen LogP contribution in [0.3, 0.4) is 0 Å². The summed E-state index contributed by atoms with van der Waals surface area (Å²) in [5.41, 5.74) is -0.616. The lowest BCUT2D eigenvalue weighted by molar-refractivity contribution is -0.137. The van der Waals surface area contributed by atoms with E-state index in [-0.39, 0.29) is 23.1 Å². The number of rotatable bonds is 4. The highest BCUT2D eigenvalue weighted by Crippen LogP contribution is 2.33. The fourth-order valence-electron chi connectivity index (χ4n) is 1.96. The van der Waals surface area contributed by atoms with Gasteiger partial charge in [0.15, 0.2) is 5.11 Å². The lowest BCUT2D eigenvalue weighted by atomic mass is 10.1. The van der Waals surface area contributed by atoms with E-state index in [4.69, 9.17) is 23.8 Å². The van der Waals surface area contributed by atoms with Gasteiger partial charge in [-0.1, -0.05) is 17.7 Å². The molecular weight excluding hydrogens is 366 g/mol. The van der Waals surface area contributed by atoms with Crippen molar-refractivity contribution in [3.05, 3.63) is 58.5 Å². The second-order valence-electron chi connectivity index (χ2n) is 4.73. The van der Waals surface area contributed by atoms with Crippen molar-refractivity contribution in [2.45, 2.75) is 12.6 Å². The first-order valence-electron chi connectivity index (χ1n) is 6.79. The summed E-state index contributed by atoms with van der Waals surface area (Å²) in [6, 6.07) is 6.41. The molecule has 0 unspecified atom stereocenters. The Kier molecular flexibility index (Phi) is 5.95. The monoisotopic (exact) mass is 377 g/mol. The number of thiocarbonyl (C=S) groups is 1. The third kappa shape index (κ3) is 4.78. The van der Waals surface area contributed by atoms with Crippen LogP contribution < -0.4 is 10.6 Å². The molecule has 0 spiro atoms. The molecule has 0 aliphatic rings. The Morgan fingerprint density at radius 1 is 1.21 bits per heavy atom. The fraction of sp³-hybridized carbons (Fsp3) is 0.200. The van der Waals surface area contributed by atoms with Gasteiger partial charge in [0, 0.05) is 23.3 Å². The van der Waals surface area contributed by atoms with Crippen molar-refractivity contribution < 1.29 is 17.6 Å². The zero-order valence-corrected chi connectivity index (χ0v) is 13.7. The average molecular weight is 378 g/mol. The van der Waals surface area contributed by atoms with Crippen LogP contribution in [0.5, 0.6) is 0 Å². The number of hydrogen-bond donors (Lipinski definition) is 2. The fourth-order valence-corrected chi connectivity index (χ4v) is 2.41. The Balaban J connectivity index is 1.95. The van der Waals surface area contributed by atoms with E-state index in [1.54, 1.807) is 6.07 Å². The summed E-state index contributed by atoms with van der Waals surface area (Å²) in [7, 11) is 0. The van der Waals surface area contributed by atoms with Crippen molar-refractivity contribution >= 4 is 34.7 Å². The Bertz CT molecular complexity index is 717. The molecule has 0 atom stereocenters. The van der Waals surface area contributed by atoms with Gasteiger partial charge in [-0.3, -0.25) is 0 Å². The lowest BCUT2D eigenvalue weighted by Gasteiger charge is -2.15. The first-order valence-corrected chi connectivity index (χ1v) is 7.57. The van der Waals surface area contributed by atoms with Gasteiger partial charge in [-0.2, -0.15) is 13.2 Å². The summed E-state index contributed by atoms with van der Waals surface area (Å²) >= 11 is 10.8. The van der Waals surface area contributed by atoms with Crippen LogP contribution in [0, 0.1) is 5.82 Å². The van der Waals surface area contributed by atoms with Crippen LogP contribution in [-0.4, -0.2) is 16.6 Å². The first kappa shape index (κ1) is 18.4. The van der Waals surface area contributed by atoms with Gasteiger partial charge in [0.1, 0.15) is 11.6 Å². The largest absolute Gasteiger partial charge is 0.419 e. The Hall–Kier alpha value is -1.93. The molecule has 2 rings (SSSR count). The van der Waals surface area contributed by atoms with Crippen LogP contribution in [0.1, 0.15) is 11.1 Å². The highest BCUT2D eigenvalue weighted by Gasteiger charge is 2.34. The summed E-state index contributed by atoms with van der Waals surface area (Å²) in [4.78, 5) is 3.64. The highest BCUT2D eigenvalue weighted by atomic mass is 35.5. The number of pyridine rings is 1. The second-order valence-corrected chi connectivity index (χ2v) is 5.54. The molecule has 0 fully saturated rings. The SMILES string of the molecule is Fc1cccc(Cl)c1CCNC(=S)Nc1ncccc1C(F)(F)F. The highest BCUT2D eigenvalue weighted by molar-refractivity contribution is 7.80. The Morgan fingerprint density at radius 2 is 1.96 bits per heavy atom. The molecule has 3 nitrogen and oxygen atoms in total. The van der Waals surface area contributed by atoms with Gasteiger partial charge in [0.2, 0.25) is 0 Å². The van der Waals surface area contributed by atoms with Crippen LogP contribution in [0.2, 0.25) is 5.02 Å². The molecule has 0 aliphatic carbocycles. The van der Waals surface area contributed by atoms with E-state index in [2.05, 4.69) is 15.6 Å². The molecule has 1 aromatic heterocycles. The van der Waals surface area contributed by atoms with E-state index < -0.39 is 23.4 Å². The molecule has 0 saturated carbocycles. The summed E-state index contributed by atoms with van der Waals surface area (Å²) < 4.78 is 52.2. The maximum Gasteiger partial charge on any atom is 0.419 e. The predicted octanol–water partition coefficient (Wildman–Crippen LogP) is 4.42. The Labute approximate surface area is 146 Å². The number of halogens is 5. The number of hydrogen-bond acceptors (Lipinski definition) is 2. The molecule has 24 heavy (non-hydrogen) atoms. The summed E-state index contributed by atoms with van der Waals surface area (Å²) in [5.74, 6) is -0.848. The average Bonchev–Trinajstić information content (AvgIpc) is 2.49. The van der Waals surface area contributed by atoms with E-state index in [0.717, 1.165) is 6.07 Å². The maximum absolute atomic E-state index is 13.6. The molecule has 1 heterocycles. The van der Waals surface area contributed by atoms with E-state index in [9.17, 15) is 17.6 Å². The van der Waals surface area contributed by atoms with Crippen LogP contribution in [0.4, 0.5) is 23.4 Å². The van der Waals surface area contributed by atoms with Gasteiger partial charge in [0.05, 0.1) is 5.56 Å². The van der Waals surface area contributed by atoms with Crippen LogP contribution in [0.15, 0.2) is 36.5 Å². The van der Waals surface area contributed by atoms with E-state index in [1.165, 1.54) is 24.4 Å². The minimum absolute atomic E-state index is 0.0494. The Morgan fingerprint density at radius 3 is 2.62 bits per heavy atom. The van der Waals surface area contributed by atoms with Crippen LogP contribution >= 0.6 is 23.8 Å². The minimum Gasteiger partial charge on any atom is -0.362 e. The van der Waals surface area contributed by atoms with Crippen LogP contribution in [0.25, 0.3) is 0 Å². The third-order valence-electron chi connectivity index (χ3n) is 3.07. The molecule has 1 aromatic carbocycles. The van der Waals surface area contributed by atoms with Crippen molar-refractivity contribution in [1.82, 2.24) is 10.3 Å². The number of nitrogens with zero attached hydrogens (tertiary/aromatic N) is 1. The number of nitrogens with one attached hydrogen (secondary N) is 2. The quantitative estimate of drug-likeness (QED) is 0.611. The minimum atomic E-state index is -4.55. The third-order valence-corrected chi connectivity index (χ3v) is 3.67. The van der Waals surface area contributed by atoms with Gasteiger partial charge in [-0.05, 0) is 42.9 Å². The second kappa shape index (κ2) is 7.76. The normalized spacial score (nSPS) is 11.2. The van der Waals surface area contributed by atoms with E-state index in [1.807, 2.05) is 0 Å². The van der Waals surface area contributed by atoms with Crippen molar-refractivity contribution in [2.24, 2.45) is 0 Å². The topological polar surface area (TPSA) is 37.0 Å². The smallest absolute Gasteiger partial charge is 0.362 e. The molecular formula is C15H12ClF4N3S. The number of benzene rings is 1. The zero-order chi connectivity index (χ0) is 17.7. The van der Waals surface area contributed by atoms with E-state index >= 15 is 0 Å². The van der Waals surface area contributed by atoms with E-state index in [0.29, 0.717) is 5.56 Å². The first-order chi connectivity index (χ1) is 11.3. The summed E-state index contributed by atoms with van der Waals surface area (Å²) in [6.45, 7) is 0.195. The molecule has 0 bridgehead atoms. The molecule has 0 amide bonds. The molecule has 128 valence electrons. The maximum atomic E-state index is 13.6. The van der Waals surface area contributed by atoms with Gasteiger partial charge in [-0.15, -0.1) is 0 Å². The molecule has 2 N–H and O–H groups in total. The number of alkyl halides is 3. The molecule has 0 aliphatic heterocycles. The number of aromatic nitrogens is 1. The molecule has 9 heteroatoms. The lowest BCUT2D eigenvalue weighted by Crippen LogP contribution is -2.31. The van der Waals surface area contributed by atoms with Gasteiger partial charge in [0.25, 0.3) is 0 Å². The van der Waals surface area contributed by atoms with Crippen LogP contribution in [-0.2, 0) is 12.6 Å². The van der Waals surface area contributed by atoms with Gasteiger partial charge < -0.3 is 10.6 Å². The van der Waals surface area contributed by atoms with Crippen molar-refractivity contribution in [1.29, 1.82) is 0 Å². The molecule has 0 radical (unpaired) electrons. The zero-order valence-electron chi connectivity index (χ0n) is 12.1. The summed E-state index contributed by atoms with van der Waals surface area (Å²) in [5, 5.41) is 5.32. The van der Waals surface area contributed by atoms with Crippen molar-refractivity contribution in [3.8, 4) is 0 Å². The predicted molar refractivity (Wildman–Crippen MR) is 88.6 cm³/mol. The van der Waals surface area contributed by atoms with Gasteiger partial charge in [-0.25, -0.2) is 9.37 Å². The molecule has 2 aromatic rings. The van der Waals surface area contributed by atoms with Gasteiger partial charge >= 0.3 is 6.18 Å². The standard InChI is InChI=1S/C15H12ClF4N3S/c16-11-4-1-5-12(17)9(11)6-8-22-14(24)23-13-10(15(18,19)20)3-2-7-21-13/h1-5,7H,6,8H2,(H2,21,22,23,24). The van der Waals surface area contributed by atoms with Crippen molar-refractivity contribution in [3.63, 3.8) is 0 Å².